The van der Waals surface area contributed by atoms with Crippen LogP contribution < -0.4 is 16.0 Å². The number of aryl methyl sites for hydroxylation is 2. The molecule has 1 aromatic rings. The van der Waals surface area contributed by atoms with E-state index in [4.69, 9.17) is 12.2 Å². The van der Waals surface area contributed by atoms with Crippen molar-refractivity contribution < 1.29 is 9.59 Å². The first-order chi connectivity index (χ1) is 17.3. The molecule has 3 atom stereocenters. The lowest BCUT2D eigenvalue weighted by Crippen LogP contribution is -2.46. The van der Waals surface area contributed by atoms with Gasteiger partial charge in [-0.05, 0) is 86.8 Å². The van der Waals surface area contributed by atoms with Crippen LogP contribution in [0.2, 0.25) is 0 Å². The van der Waals surface area contributed by atoms with Gasteiger partial charge < -0.3 is 25.8 Å². The topological polar surface area (TPSA) is 76.7 Å². The van der Waals surface area contributed by atoms with E-state index in [-0.39, 0.29) is 23.5 Å². The molecule has 196 valence electrons. The summed E-state index contributed by atoms with van der Waals surface area (Å²) in [6, 6.07) is 6.95. The number of carbonyl (C=O) groups is 2. The first kappa shape index (κ1) is 25.6. The largest absolute Gasteiger partial charge is 0.349 e. The number of thioether (sulfide) groups is 1. The molecular formula is C27H39N5O2S2. The molecule has 4 aliphatic heterocycles. The predicted molar refractivity (Wildman–Crippen MR) is 151 cm³/mol. The highest BCUT2D eigenvalue weighted by molar-refractivity contribution is 8.00. The number of carbonyl (C=O) groups excluding carboxylic acids is 2. The lowest BCUT2D eigenvalue weighted by Gasteiger charge is -2.40. The Morgan fingerprint density at radius 2 is 1.78 bits per heavy atom. The van der Waals surface area contributed by atoms with Crippen molar-refractivity contribution in [2.24, 2.45) is 5.41 Å². The Balaban J connectivity index is 1.02. The molecule has 4 heterocycles. The summed E-state index contributed by atoms with van der Waals surface area (Å²) in [7, 11) is 0. The maximum atomic E-state index is 12.9. The van der Waals surface area contributed by atoms with Gasteiger partial charge in [-0.25, -0.2) is 4.79 Å². The normalized spacial score (nSPS) is 26.6. The Bertz CT molecular complexity index is 990. The lowest BCUT2D eigenvalue weighted by molar-refractivity contribution is -0.130. The molecule has 4 aliphatic rings. The molecule has 7 nitrogen and oxygen atoms in total. The van der Waals surface area contributed by atoms with Gasteiger partial charge in [0, 0.05) is 49.3 Å². The smallest absolute Gasteiger partial charge is 0.315 e. The van der Waals surface area contributed by atoms with Crippen molar-refractivity contribution in [3.05, 3.63) is 29.3 Å². The first-order valence-corrected chi connectivity index (χ1v) is 14.9. The zero-order valence-electron chi connectivity index (χ0n) is 21.5. The van der Waals surface area contributed by atoms with Crippen LogP contribution in [0.25, 0.3) is 0 Å². The molecule has 0 aromatic heterocycles. The van der Waals surface area contributed by atoms with Gasteiger partial charge in [-0.1, -0.05) is 12.5 Å². The van der Waals surface area contributed by atoms with Crippen LogP contribution in [0.4, 0.5) is 10.5 Å². The van der Waals surface area contributed by atoms with Crippen LogP contribution in [0.1, 0.15) is 56.1 Å². The van der Waals surface area contributed by atoms with Crippen LogP contribution in [-0.2, 0) is 4.79 Å². The number of likely N-dealkylation sites (tertiary alicyclic amines) is 2. The number of piperidine rings is 1. The Morgan fingerprint density at radius 1 is 1.08 bits per heavy atom. The fraction of sp³-hybridized carbons (Fsp3) is 0.667. The minimum Gasteiger partial charge on any atom is -0.349 e. The number of fused-ring (bicyclic) bond motifs is 1. The second-order valence-electron chi connectivity index (χ2n) is 11.2. The fourth-order valence-electron chi connectivity index (χ4n) is 6.41. The van der Waals surface area contributed by atoms with Gasteiger partial charge in [-0.15, -0.1) is 0 Å². The SMILES string of the molecule is Cc1cc(C)cc(NC(=S)N2CCC3(CCN(C(=O)CCCCC4SCC5NC(=O)NC54)C3)CC2)c1. The summed E-state index contributed by atoms with van der Waals surface area (Å²) in [6.45, 7) is 7.91. The molecule has 5 rings (SSSR count). The highest BCUT2D eigenvalue weighted by atomic mass is 32.2. The van der Waals surface area contributed by atoms with Crippen molar-refractivity contribution in [3.8, 4) is 0 Å². The van der Waals surface area contributed by atoms with E-state index in [9.17, 15) is 9.59 Å². The minimum absolute atomic E-state index is 0.0290. The molecule has 4 saturated heterocycles. The Kier molecular flexibility index (Phi) is 7.67. The van der Waals surface area contributed by atoms with Crippen LogP contribution >= 0.6 is 24.0 Å². The Hall–Kier alpha value is -2.00. The average Bonchev–Trinajstić information content (AvgIpc) is 3.51. The quantitative estimate of drug-likeness (QED) is 0.293. The Labute approximate surface area is 224 Å². The number of hydrogen-bond acceptors (Lipinski definition) is 4. The van der Waals surface area contributed by atoms with Crippen LogP contribution in [0.3, 0.4) is 0 Å². The molecule has 3 N–H and O–H groups in total. The fourth-order valence-corrected chi connectivity index (χ4v) is 8.26. The second-order valence-corrected chi connectivity index (χ2v) is 12.9. The van der Waals surface area contributed by atoms with Crippen molar-refractivity contribution in [2.75, 3.05) is 37.2 Å². The van der Waals surface area contributed by atoms with E-state index in [0.717, 1.165) is 81.3 Å². The summed E-state index contributed by atoms with van der Waals surface area (Å²) in [5.74, 6) is 1.31. The number of rotatable bonds is 6. The van der Waals surface area contributed by atoms with Crippen LogP contribution in [0.15, 0.2) is 18.2 Å². The Morgan fingerprint density at radius 3 is 2.50 bits per heavy atom. The molecule has 0 bridgehead atoms. The van der Waals surface area contributed by atoms with E-state index in [0.29, 0.717) is 17.6 Å². The molecule has 3 amide bonds. The maximum absolute atomic E-state index is 12.9. The molecular weight excluding hydrogens is 490 g/mol. The van der Waals surface area contributed by atoms with Gasteiger partial charge in [-0.3, -0.25) is 4.79 Å². The summed E-state index contributed by atoms with van der Waals surface area (Å²) in [6.07, 6.45) is 6.97. The molecule has 3 unspecified atom stereocenters. The molecule has 1 aromatic carbocycles. The van der Waals surface area contributed by atoms with Gasteiger partial charge in [0.05, 0.1) is 12.1 Å². The zero-order valence-corrected chi connectivity index (χ0v) is 23.1. The molecule has 9 heteroatoms. The van der Waals surface area contributed by atoms with Crippen molar-refractivity contribution in [1.29, 1.82) is 0 Å². The number of nitrogens with one attached hydrogen (secondary N) is 3. The highest BCUT2D eigenvalue weighted by Crippen LogP contribution is 2.41. The van der Waals surface area contributed by atoms with Gasteiger partial charge >= 0.3 is 6.03 Å². The zero-order chi connectivity index (χ0) is 25.3. The summed E-state index contributed by atoms with van der Waals surface area (Å²) < 4.78 is 0. The van der Waals surface area contributed by atoms with E-state index < -0.39 is 0 Å². The minimum atomic E-state index is -0.0290. The van der Waals surface area contributed by atoms with Gasteiger partial charge in [-0.2, -0.15) is 11.8 Å². The summed E-state index contributed by atoms with van der Waals surface area (Å²) in [5, 5.41) is 10.8. The van der Waals surface area contributed by atoms with Crippen molar-refractivity contribution >= 4 is 46.7 Å². The molecule has 0 aliphatic carbocycles. The predicted octanol–water partition coefficient (Wildman–Crippen LogP) is 4.04. The second kappa shape index (κ2) is 10.8. The molecule has 36 heavy (non-hydrogen) atoms. The van der Waals surface area contributed by atoms with E-state index in [1.807, 2.05) is 11.8 Å². The number of benzene rings is 1. The summed E-state index contributed by atoms with van der Waals surface area (Å²) in [4.78, 5) is 28.9. The number of unbranched alkanes of at least 4 members (excludes halogenated alkanes) is 1. The molecule has 0 saturated carbocycles. The van der Waals surface area contributed by atoms with Crippen LogP contribution in [0.5, 0.6) is 0 Å². The van der Waals surface area contributed by atoms with Gasteiger partial charge in [0.1, 0.15) is 0 Å². The number of hydrogen-bond donors (Lipinski definition) is 3. The summed E-state index contributed by atoms with van der Waals surface area (Å²) in [5.41, 5.74) is 3.79. The lowest BCUT2D eigenvalue weighted by atomic mass is 9.78. The number of anilines is 1. The van der Waals surface area contributed by atoms with Crippen molar-refractivity contribution in [2.45, 2.75) is 76.1 Å². The van der Waals surface area contributed by atoms with E-state index in [1.165, 1.54) is 11.1 Å². The third-order valence-electron chi connectivity index (χ3n) is 8.44. The van der Waals surface area contributed by atoms with Crippen molar-refractivity contribution in [3.63, 3.8) is 0 Å². The van der Waals surface area contributed by atoms with E-state index in [1.54, 1.807) is 0 Å². The van der Waals surface area contributed by atoms with Crippen LogP contribution in [-0.4, -0.2) is 76.1 Å². The maximum Gasteiger partial charge on any atom is 0.315 e. The van der Waals surface area contributed by atoms with Crippen molar-refractivity contribution in [1.82, 2.24) is 20.4 Å². The van der Waals surface area contributed by atoms with Gasteiger partial charge in [0.15, 0.2) is 5.11 Å². The highest BCUT2D eigenvalue weighted by Gasteiger charge is 2.43. The van der Waals surface area contributed by atoms with E-state index in [2.05, 4.69) is 57.8 Å². The van der Waals surface area contributed by atoms with Gasteiger partial charge in [0.2, 0.25) is 5.91 Å². The number of nitrogens with zero attached hydrogens (tertiary/aromatic N) is 2. The average molecular weight is 530 g/mol. The number of urea groups is 1. The summed E-state index contributed by atoms with van der Waals surface area (Å²) >= 11 is 7.67. The first-order valence-electron chi connectivity index (χ1n) is 13.4. The third-order valence-corrected chi connectivity index (χ3v) is 10.3. The van der Waals surface area contributed by atoms with E-state index >= 15 is 0 Å². The standard InChI is InChI=1S/C27H39N5O2S2/c1-18-13-19(2)15-20(14-18)28-26(35)31-10-7-27(8-11-31)9-12-32(17-27)23(33)6-4-3-5-22-24-21(16-36-22)29-25(34)30-24/h13-15,21-22,24H,3-12,16-17H2,1-2H3,(H,28,35)(H2,29,30,34). The van der Waals surface area contributed by atoms with Crippen LogP contribution in [0, 0.1) is 19.3 Å². The monoisotopic (exact) mass is 529 g/mol. The molecule has 4 fully saturated rings. The molecule has 1 spiro atoms. The van der Waals surface area contributed by atoms with Gasteiger partial charge in [0.25, 0.3) is 0 Å². The third kappa shape index (κ3) is 5.77. The number of thiocarbonyl (C=S) groups is 1. The molecule has 0 radical (unpaired) electrons. The number of amides is 3.